The number of aryl methyl sites for hydroxylation is 2. The Morgan fingerprint density at radius 1 is 1.62 bits per heavy atom. The molecule has 0 aromatic carbocycles. The van der Waals surface area contributed by atoms with E-state index in [4.69, 9.17) is 9.63 Å². The van der Waals surface area contributed by atoms with Gasteiger partial charge in [-0.25, -0.2) is 0 Å². The van der Waals surface area contributed by atoms with E-state index in [0.717, 1.165) is 0 Å². The lowest BCUT2D eigenvalue weighted by Crippen LogP contribution is -2.29. The number of nitrogens with zero attached hydrogens (tertiary/aromatic N) is 2. The second-order valence-corrected chi connectivity index (χ2v) is 2.78. The summed E-state index contributed by atoms with van der Waals surface area (Å²) in [5.74, 6) is 0.191. The Kier molecular flexibility index (Phi) is 2.67. The van der Waals surface area contributed by atoms with Crippen LogP contribution in [-0.2, 0) is 4.79 Å². The molecule has 0 aliphatic heterocycles. The van der Waals surface area contributed by atoms with E-state index >= 15 is 0 Å². The van der Waals surface area contributed by atoms with Crippen LogP contribution in [-0.4, -0.2) is 29.8 Å². The summed E-state index contributed by atoms with van der Waals surface area (Å²) in [6, 6.07) is 0. The van der Waals surface area contributed by atoms with Crippen molar-refractivity contribution >= 4 is 11.6 Å². The van der Waals surface area contributed by atoms with E-state index in [1.807, 2.05) is 0 Å². The third-order valence-electron chi connectivity index (χ3n) is 1.84. The van der Waals surface area contributed by atoms with Crippen LogP contribution >= 0.6 is 0 Å². The van der Waals surface area contributed by atoms with Gasteiger partial charge < -0.3 is 14.5 Å². The van der Waals surface area contributed by atoms with E-state index in [0.29, 0.717) is 17.1 Å². The summed E-state index contributed by atoms with van der Waals surface area (Å²) in [4.78, 5) is 12.5. The lowest BCUT2D eigenvalue weighted by Gasteiger charge is -2.14. The van der Waals surface area contributed by atoms with Gasteiger partial charge in [0.05, 0.1) is 0 Å². The molecule has 0 spiro atoms. The Balaban J connectivity index is 3.00. The first-order chi connectivity index (χ1) is 6.07. The molecule has 5 nitrogen and oxygen atoms in total. The molecule has 0 atom stereocenters. The van der Waals surface area contributed by atoms with E-state index < -0.39 is 6.61 Å². The molecule has 0 fully saturated rings. The summed E-state index contributed by atoms with van der Waals surface area (Å²) in [6.45, 7) is 2.95. The van der Waals surface area contributed by atoms with Crippen LogP contribution in [0.15, 0.2) is 4.52 Å². The zero-order valence-corrected chi connectivity index (χ0v) is 7.87. The predicted molar refractivity (Wildman–Crippen MR) is 46.5 cm³/mol. The lowest BCUT2D eigenvalue weighted by atomic mass is 10.3. The molecule has 0 bridgehead atoms. The minimum absolute atomic E-state index is 0.380. The van der Waals surface area contributed by atoms with Crippen molar-refractivity contribution in [3.05, 3.63) is 11.5 Å². The molecule has 0 aliphatic carbocycles. The van der Waals surface area contributed by atoms with Crippen LogP contribution < -0.4 is 4.90 Å². The molecule has 1 N–H and O–H groups in total. The molecule has 1 heterocycles. The Hall–Kier alpha value is -1.36. The van der Waals surface area contributed by atoms with Gasteiger partial charge in [-0.2, -0.15) is 0 Å². The third-order valence-corrected chi connectivity index (χ3v) is 1.84. The first-order valence-electron chi connectivity index (χ1n) is 3.88. The second-order valence-electron chi connectivity index (χ2n) is 2.78. The molecule has 0 aliphatic rings. The monoisotopic (exact) mass is 184 g/mol. The number of anilines is 1. The molecule has 0 saturated heterocycles. The van der Waals surface area contributed by atoms with Gasteiger partial charge >= 0.3 is 0 Å². The van der Waals surface area contributed by atoms with Crippen LogP contribution in [0.1, 0.15) is 11.5 Å². The zero-order valence-electron chi connectivity index (χ0n) is 7.87. The highest BCUT2D eigenvalue weighted by Crippen LogP contribution is 2.22. The molecule has 1 amide bonds. The number of rotatable bonds is 2. The van der Waals surface area contributed by atoms with E-state index in [1.54, 1.807) is 20.9 Å². The number of aliphatic hydroxyl groups is 1. The van der Waals surface area contributed by atoms with Crippen LogP contribution in [0.2, 0.25) is 0 Å². The Morgan fingerprint density at radius 3 is 2.62 bits per heavy atom. The zero-order chi connectivity index (χ0) is 10.0. The molecule has 1 aromatic heterocycles. The minimum atomic E-state index is -0.513. The maximum Gasteiger partial charge on any atom is 0.252 e. The molecule has 1 rings (SSSR count). The summed E-state index contributed by atoms with van der Waals surface area (Å²) < 4.78 is 4.89. The summed E-state index contributed by atoms with van der Waals surface area (Å²) >= 11 is 0. The van der Waals surface area contributed by atoms with Crippen LogP contribution in [0.3, 0.4) is 0 Å². The van der Waals surface area contributed by atoms with E-state index in [1.165, 1.54) is 4.90 Å². The van der Waals surface area contributed by atoms with E-state index in [-0.39, 0.29) is 5.91 Å². The van der Waals surface area contributed by atoms with Gasteiger partial charge in [-0.1, -0.05) is 5.16 Å². The van der Waals surface area contributed by atoms with Crippen LogP contribution in [0.4, 0.5) is 5.69 Å². The van der Waals surface area contributed by atoms with Crippen molar-refractivity contribution in [3.63, 3.8) is 0 Å². The van der Waals surface area contributed by atoms with Crippen LogP contribution in [0.5, 0.6) is 0 Å². The van der Waals surface area contributed by atoms with Crippen molar-refractivity contribution in [3.8, 4) is 0 Å². The molecule has 0 saturated carbocycles. The number of aromatic nitrogens is 1. The van der Waals surface area contributed by atoms with Gasteiger partial charge in [0.2, 0.25) is 0 Å². The molecule has 5 heteroatoms. The van der Waals surface area contributed by atoms with Gasteiger partial charge in [-0.3, -0.25) is 4.79 Å². The number of aliphatic hydroxyl groups excluding tert-OH is 1. The molecule has 0 unspecified atom stereocenters. The number of likely N-dealkylation sites (N-methyl/N-ethyl adjacent to an activating group) is 1. The first kappa shape index (κ1) is 9.73. The average molecular weight is 184 g/mol. The van der Waals surface area contributed by atoms with Crippen molar-refractivity contribution in [2.75, 3.05) is 18.6 Å². The molecule has 13 heavy (non-hydrogen) atoms. The van der Waals surface area contributed by atoms with Crippen molar-refractivity contribution in [2.45, 2.75) is 13.8 Å². The quantitative estimate of drug-likeness (QED) is 0.715. The molecule has 1 aromatic rings. The Labute approximate surface area is 75.9 Å². The van der Waals surface area contributed by atoms with Gasteiger partial charge in [0.15, 0.2) is 5.76 Å². The molecule has 0 radical (unpaired) electrons. The SMILES string of the molecule is Cc1noc(C)c1N(C)C(=O)CO. The van der Waals surface area contributed by atoms with Crippen molar-refractivity contribution in [1.29, 1.82) is 0 Å². The number of amides is 1. The lowest BCUT2D eigenvalue weighted by molar-refractivity contribution is -0.120. The van der Waals surface area contributed by atoms with E-state index in [9.17, 15) is 4.79 Å². The Morgan fingerprint density at radius 2 is 2.23 bits per heavy atom. The smallest absolute Gasteiger partial charge is 0.252 e. The average Bonchev–Trinajstić information content (AvgIpc) is 2.44. The van der Waals surface area contributed by atoms with Crippen molar-refractivity contribution in [1.82, 2.24) is 5.16 Å². The van der Waals surface area contributed by atoms with E-state index in [2.05, 4.69) is 5.16 Å². The highest BCUT2D eigenvalue weighted by Gasteiger charge is 2.18. The number of carbonyl (C=O) groups is 1. The first-order valence-corrected chi connectivity index (χ1v) is 3.88. The largest absolute Gasteiger partial charge is 0.387 e. The van der Waals surface area contributed by atoms with Crippen molar-refractivity contribution in [2.24, 2.45) is 0 Å². The summed E-state index contributed by atoms with van der Waals surface area (Å²) in [6.07, 6.45) is 0. The van der Waals surface area contributed by atoms with Crippen LogP contribution in [0, 0.1) is 13.8 Å². The standard InChI is InChI=1S/C8H12N2O3/c1-5-8(6(2)13-9-5)10(3)7(12)4-11/h11H,4H2,1-3H3. The topological polar surface area (TPSA) is 66.6 Å². The highest BCUT2D eigenvalue weighted by molar-refractivity contribution is 5.94. The molecular formula is C8H12N2O3. The van der Waals surface area contributed by atoms with Gasteiger partial charge in [0, 0.05) is 7.05 Å². The van der Waals surface area contributed by atoms with Gasteiger partial charge in [0.1, 0.15) is 18.0 Å². The maximum absolute atomic E-state index is 11.1. The predicted octanol–water partition coefficient (Wildman–Crippen LogP) is 0.247. The van der Waals surface area contributed by atoms with Crippen molar-refractivity contribution < 1.29 is 14.4 Å². The number of carbonyl (C=O) groups excluding carboxylic acids is 1. The van der Waals surface area contributed by atoms with Gasteiger partial charge in [-0.15, -0.1) is 0 Å². The van der Waals surface area contributed by atoms with Crippen LogP contribution in [0.25, 0.3) is 0 Å². The maximum atomic E-state index is 11.1. The minimum Gasteiger partial charge on any atom is -0.387 e. The number of hydrogen-bond acceptors (Lipinski definition) is 4. The molecule has 72 valence electrons. The number of hydrogen-bond donors (Lipinski definition) is 1. The summed E-state index contributed by atoms with van der Waals surface area (Å²) in [5, 5.41) is 12.3. The Bertz CT molecular complexity index is 300. The second kappa shape index (κ2) is 3.57. The highest BCUT2D eigenvalue weighted by atomic mass is 16.5. The fraction of sp³-hybridized carbons (Fsp3) is 0.500. The summed E-state index contributed by atoms with van der Waals surface area (Å²) in [7, 11) is 1.57. The fourth-order valence-corrected chi connectivity index (χ4v) is 1.19. The third kappa shape index (κ3) is 1.70. The van der Waals surface area contributed by atoms with Gasteiger partial charge in [0.25, 0.3) is 5.91 Å². The normalized spacial score (nSPS) is 10.2. The summed E-state index contributed by atoms with van der Waals surface area (Å²) in [5.41, 5.74) is 1.26. The van der Waals surface area contributed by atoms with Gasteiger partial charge in [-0.05, 0) is 13.8 Å². The molecular weight excluding hydrogens is 172 g/mol. The fourth-order valence-electron chi connectivity index (χ4n) is 1.19.